The quantitative estimate of drug-likeness (QED) is 0.723. The molecule has 0 spiro atoms. The Labute approximate surface area is 94.9 Å². The molecular weight excluding hydrogens is 243 g/mol. The minimum atomic E-state index is -4.37. The monoisotopic (exact) mass is 251 g/mol. The summed E-state index contributed by atoms with van der Waals surface area (Å²) in [6.07, 6.45) is -2.92. The van der Waals surface area contributed by atoms with E-state index in [1.165, 1.54) is 6.20 Å². The van der Waals surface area contributed by atoms with Gasteiger partial charge < -0.3 is 0 Å². The van der Waals surface area contributed by atoms with Gasteiger partial charge in [-0.2, -0.15) is 18.3 Å². The summed E-state index contributed by atoms with van der Waals surface area (Å²) in [6, 6.07) is 1.61. The van der Waals surface area contributed by atoms with Crippen LogP contribution in [0.5, 0.6) is 0 Å². The minimum Gasteiger partial charge on any atom is -0.256 e. The molecular formula is C9H9ClF3N3. The molecule has 0 fully saturated rings. The van der Waals surface area contributed by atoms with Crippen LogP contribution in [0.2, 0.25) is 5.02 Å². The molecule has 0 saturated heterocycles. The van der Waals surface area contributed by atoms with Gasteiger partial charge in [0.05, 0.1) is 5.02 Å². The predicted molar refractivity (Wildman–Crippen MR) is 55.6 cm³/mol. The van der Waals surface area contributed by atoms with Gasteiger partial charge in [-0.25, -0.2) is 4.68 Å². The van der Waals surface area contributed by atoms with Crippen LogP contribution >= 0.6 is 11.6 Å². The molecule has 0 radical (unpaired) electrons. The molecule has 3 nitrogen and oxygen atoms in total. The van der Waals surface area contributed by atoms with Crippen molar-refractivity contribution in [3.8, 4) is 0 Å². The number of pyridine rings is 1. The van der Waals surface area contributed by atoms with Crippen molar-refractivity contribution < 1.29 is 13.2 Å². The summed E-state index contributed by atoms with van der Waals surface area (Å²) in [7, 11) is 0. The molecule has 7 heteroatoms. The molecule has 1 aromatic heterocycles. The highest BCUT2D eigenvalue weighted by atomic mass is 35.5. The SMILES string of the molecule is C=Nn1ccc(C)c(Cl)c1=NCC(F)(F)F. The fraction of sp³-hybridized carbons (Fsp3) is 0.333. The Morgan fingerprint density at radius 2 is 2.12 bits per heavy atom. The van der Waals surface area contributed by atoms with E-state index in [9.17, 15) is 13.2 Å². The molecule has 0 unspecified atom stereocenters. The van der Waals surface area contributed by atoms with E-state index in [2.05, 4.69) is 16.8 Å². The molecule has 0 atom stereocenters. The third kappa shape index (κ3) is 3.10. The van der Waals surface area contributed by atoms with Gasteiger partial charge in [-0.15, -0.1) is 0 Å². The number of halogens is 4. The zero-order valence-electron chi connectivity index (χ0n) is 8.42. The molecule has 0 aliphatic carbocycles. The topological polar surface area (TPSA) is 29.6 Å². The first-order valence-electron chi connectivity index (χ1n) is 4.27. The van der Waals surface area contributed by atoms with Gasteiger partial charge in [0.15, 0.2) is 5.49 Å². The van der Waals surface area contributed by atoms with Crippen molar-refractivity contribution in [1.29, 1.82) is 0 Å². The van der Waals surface area contributed by atoms with Gasteiger partial charge >= 0.3 is 6.18 Å². The Bertz CT molecular complexity index is 462. The van der Waals surface area contributed by atoms with E-state index in [-0.39, 0.29) is 10.5 Å². The third-order valence-electron chi connectivity index (χ3n) is 1.79. The highest BCUT2D eigenvalue weighted by Crippen LogP contribution is 2.14. The number of aromatic nitrogens is 1. The second-order valence-corrected chi connectivity index (χ2v) is 3.43. The van der Waals surface area contributed by atoms with Crippen LogP contribution < -0.4 is 5.49 Å². The average Bonchev–Trinajstić information content (AvgIpc) is 2.19. The van der Waals surface area contributed by atoms with Gasteiger partial charge in [0.2, 0.25) is 0 Å². The van der Waals surface area contributed by atoms with E-state index < -0.39 is 12.7 Å². The smallest absolute Gasteiger partial charge is 0.256 e. The van der Waals surface area contributed by atoms with Crippen molar-refractivity contribution in [1.82, 2.24) is 4.68 Å². The van der Waals surface area contributed by atoms with Gasteiger partial charge in [0, 0.05) is 12.9 Å². The molecule has 0 bridgehead atoms. The van der Waals surface area contributed by atoms with Crippen LogP contribution in [0.15, 0.2) is 22.4 Å². The second kappa shape index (κ2) is 4.69. The van der Waals surface area contributed by atoms with Crippen LogP contribution in [0.25, 0.3) is 0 Å². The number of aryl methyl sites for hydroxylation is 1. The fourth-order valence-electron chi connectivity index (χ4n) is 1.02. The van der Waals surface area contributed by atoms with Crippen molar-refractivity contribution in [3.63, 3.8) is 0 Å². The van der Waals surface area contributed by atoms with Gasteiger partial charge in [0.1, 0.15) is 6.54 Å². The average molecular weight is 252 g/mol. The van der Waals surface area contributed by atoms with Gasteiger partial charge in [-0.3, -0.25) is 4.99 Å². The molecule has 88 valence electrons. The summed E-state index contributed by atoms with van der Waals surface area (Å²) in [5.41, 5.74) is 0.580. The number of hydrogen-bond acceptors (Lipinski definition) is 2. The molecule has 0 amide bonds. The van der Waals surface area contributed by atoms with Crippen molar-refractivity contribution in [2.75, 3.05) is 6.54 Å². The van der Waals surface area contributed by atoms with Gasteiger partial charge in [-0.05, 0) is 18.6 Å². The van der Waals surface area contributed by atoms with E-state index >= 15 is 0 Å². The number of alkyl halides is 3. The highest BCUT2D eigenvalue weighted by Gasteiger charge is 2.26. The maximum Gasteiger partial charge on any atom is 0.408 e. The Hall–Kier alpha value is -1.30. The Balaban J connectivity index is 3.30. The lowest BCUT2D eigenvalue weighted by Gasteiger charge is -2.06. The van der Waals surface area contributed by atoms with E-state index in [1.807, 2.05) is 0 Å². The van der Waals surface area contributed by atoms with E-state index in [1.54, 1.807) is 13.0 Å². The lowest BCUT2D eigenvalue weighted by atomic mass is 10.3. The number of hydrogen-bond donors (Lipinski definition) is 0. The predicted octanol–water partition coefficient (Wildman–Crippen LogP) is 2.38. The van der Waals surface area contributed by atoms with Crippen molar-refractivity contribution in [3.05, 3.63) is 28.3 Å². The summed E-state index contributed by atoms with van der Waals surface area (Å²) in [6.45, 7) is 3.59. The van der Waals surface area contributed by atoms with Gasteiger partial charge in [0.25, 0.3) is 0 Å². The molecule has 1 rings (SSSR count). The molecule has 0 aliphatic rings. The summed E-state index contributed by atoms with van der Waals surface area (Å²) >= 11 is 5.84. The zero-order chi connectivity index (χ0) is 12.3. The molecule has 1 aromatic rings. The number of rotatable bonds is 2. The first kappa shape index (κ1) is 12.8. The van der Waals surface area contributed by atoms with Crippen molar-refractivity contribution >= 4 is 18.3 Å². The highest BCUT2D eigenvalue weighted by molar-refractivity contribution is 6.31. The van der Waals surface area contributed by atoms with Crippen LogP contribution in [0.3, 0.4) is 0 Å². The second-order valence-electron chi connectivity index (χ2n) is 3.05. The maximum atomic E-state index is 12.0. The summed E-state index contributed by atoms with van der Waals surface area (Å²) in [4.78, 5) is 3.38. The molecule has 0 aromatic carbocycles. The molecule has 16 heavy (non-hydrogen) atoms. The minimum absolute atomic E-state index is 0.0472. The first-order valence-corrected chi connectivity index (χ1v) is 4.65. The van der Waals surface area contributed by atoms with Crippen LogP contribution in [-0.4, -0.2) is 24.1 Å². The summed E-state index contributed by atoms with van der Waals surface area (Å²) < 4.78 is 37.1. The Kier molecular flexibility index (Phi) is 3.74. The number of nitrogens with zero attached hydrogens (tertiary/aromatic N) is 3. The lowest BCUT2D eigenvalue weighted by Crippen LogP contribution is -2.23. The largest absolute Gasteiger partial charge is 0.408 e. The molecule has 0 N–H and O–H groups in total. The van der Waals surface area contributed by atoms with E-state index in [0.29, 0.717) is 5.56 Å². The Morgan fingerprint density at radius 3 is 2.62 bits per heavy atom. The molecule has 1 heterocycles. The fourth-order valence-corrected chi connectivity index (χ4v) is 1.23. The van der Waals surface area contributed by atoms with Crippen LogP contribution in [-0.2, 0) is 0 Å². The van der Waals surface area contributed by atoms with E-state index in [0.717, 1.165) is 4.68 Å². The van der Waals surface area contributed by atoms with Crippen LogP contribution in [0.1, 0.15) is 5.56 Å². The Morgan fingerprint density at radius 1 is 1.50 bits per heavy atom. The van der Waals surface area contributed by atoms with Crippen LogP contribution in [0.4, 0.5) is 13.2 Å². The van der Waals surface area contributed by atoms with Gasteiger partial charge in [-0.1, -0.05) is 11.6 Å². The van der Waals surface area contributed by atoms with Crippen LogP contribution in [0, 0.1) is 6.92 Å². The third-order valence-corrected chi connectivity index (χ3v) is 2.25. The summed E-state index contributed by atoms with van der Waals surface area (Å²) in [5.74, 6) is 0. The molecule has 0 saturated carbocycles. The van der Waals surface area contributed by atoms with Crippen molar-refractivity contribution in [2.24, 2.45) is 10.1 Å². The van der Waals surface area contributed by atoms with Crippen molar-refractivity contribution in [2.45, 2.75) is 13.1 Å². The molecule has 0 aliphatic heterocycles. The first-order chi connectivity index (χ1) is 7.35. The zero-order valence-corrected chi connectivity index (χ0v) is 9.18. The van der Waals surface area contributed by atoms with E-state index in [4.69, 9.17) is 11.6 Å². The summed E-state index contributed by atoms with van der Waals surface area (Å²) in [5, 5.41) is 3.63. The normalized spacial score (nSPS) is 12.9. The standard InChI is InChI=1S/C9H9ClF3N3/c1-6-3-4-16(14-2)8(7(6)10)15-5-9(11,12)13/h3-4H,2,5H2,1H3. The maximum absolute atomic E-state index is 12.0. The lowest BCUT2D eigenvalue weighted by molar-refractivity contribution is -0.118.